The van der Waals surface area contributed by atoms with E-state index in [1.54, 1.807) is 6.07 Å². The third kappa shape index (κ3) is 2.32. The third-order valence-electron chi connectivity index (χ3n) is 3.80. The molecule has 0 aromatic heterocycles. The number of nitrogens with one attached hydrogen (secondary N) is 1. The summed E-state index contributed by atoms with van der Waals surface area (Å²) in [5, 5.41) is 2.91. The van der Waals surface area contributed by atoms with Gasteiger partial charge in [0, 0.05) is 9.49 Å². The Morgan fingerprint density at radius 1 is 1.29 bits per heavy atom. The fourth-order valence-electron chi connectivity index (χ4n) is 2.75. The van der Waals surface area contributed by atoms with Gasteiger partial charge in [-0.15, -0.1) is 0 Å². The van der Waals surface area contributed by atoms with E-state index in [1.807, 2.05) is 22.6 Å². The van der Waals surface area contributed by atoms with Gasteiger partial charge in [-0.05, 0) is 71.9 Å². The number of benzene rings is 1. The van der Waals surface area contributed by atoms with E-state index in [9.17, 15) is 9.18 Å². The van der Waals surface area contributed by atoms with Crippen molar-refractivity contribution in [1.82, 2.24) is 0 Å². The molecule has 2 nitrogen and oxygen atoms in total. The minimum Gasteiger partial charge on any atom is -0.325 e. The van der Waals surface area contributed by atoms with Crippen LogP contribution in [0.4, 0.5) is 10.1 Å². The van der Waals surface area contributed by atoms with Crippen LogP contribution in [0.25, 0.3) is 0 Å². The first kappa shape index (κ1) is 11.4. The first-order chi connectivity index (χ1) is 8.13. The second-order valence-electron chi connectivity index (χ2n) is 5.04. The van der Waals surface area contributed by atoms with E-state index in [-0.39, 0.29) is 17.6 Å². The summed E-state index contributed by atoms with van der Waals surface area (Å²) in [7, 11) is 0. The van der Waals surface area contributed by atoms with Crippen molar-refractivity contribution in [2.75, 3.05) is 5.32 Å². The van der Waals surface area contributed by atoms with Crippen LogP contribution in [-0.4, -0.2) is 5.91 Å². The quantitative estimate of drug-likeness (QED) is 0.818. The molecule has 0 bridgehead atoms. The van der Waals surface area contributed by atoms with E-state index in [2.05, 4.69) is 5.32 Å². The van der Waals surface area contributed by atoms with Crippen LogP contribution in [0.15, 0.2) is 18.2 Å². The number of halogens is 2. The lowest BCUT2D eigenvalue weighted by Gasteiger charge is -2.13. The molecule has 0 saturated heterocycles. The highest BCUT2D eigenvalue weighted by atomic mass is 127. The molecule has 3 rings (SSSR count). The van der Waals surface area contributed by atoms with E-state index >= 15 is 0 Å². The standard InChI is InChI=1S/C13H13FINO/c14-10-1-2-12(11(15)6-10)16-13(17)9-4-7-3-8(7)5-9/h1-2,6-9H,3-5H2,(H,16,17). The van der Waals surface area contributed by atoms with E-state index in [0.717, 1.165) is 33.9 Å². The number of hydrogen-bond acceptors (Lipinski definition) is 1. The van der Waals surface area contributed by atoms with Crippen molar-refractivity contribution in [2.24, 2.45) is 17.8 Å². The van der Waals surface area contributed by atoms with Gasteiger partial charge in [-0.25, -0.2) is 4.39 Å². The van der Waals surface area contributed by atoms with Crippen molar-refractivity contribution in [1.29, 1.82) is 0 Å². The van der Waals surface area contributed by atoms with Crippen LogP contribution in [0.5, 0.6) is 0 Å². The molecule has 0 aliphatic heterocycles. The highest BCUT2D eigenvalue weighted by Gasteiger charge is 2.47. The Hall–Kier alpha value is -0.650. The Bertz CT molecular complexity index is 466. The summed E-state index contributed by atoms with van der Waals surface area (Å²) in [5.74, 6) is 1.60. The first-order valence-electron chi connectivity index (χ1n) is 5.89. The molecule has 0 radical (unpaired) electrons. The fourth-order valence-corrected chi connectivity index (χ4v) is 3.37. The molecule has 2 atom stereocenters. The minimum absolute atomic E-state index is 0.0988. The molecule has 2 saturated carbocycles. The van der Waals surface area contributed by atoms with Crippen molar-refractivity contribution in [3.8, 4) is 0 Å². The average molecular weight is 345 g/mol. The number of amides is 1. The van der Waals surface area contributed by atoms with Crippen LogP contribution in [0.3, 0.4) is 0 Å². The zero-order valence-electron chi connectivity index (χ0n) is 9.25. The zero-order chi connectivity index (χ0) is 12.0. The summed E-state index contributed by atoms with van der Waals surface area (Å²) in [5.41, 5.74) is 0.720. The summed E-state index contributed by atoms with van der Waals surface area (Å²) >= 11 is 2.04. The highest BCUT2D eigenvalue weighted by Crippen LogP contribution is 2.54. The van der Waals surface area contributed by atoms with Crippen molar-refractivity contribution in [2.45, 2.75) is 19.3 Å². The lowest BCUT2D eigenvalue weighted by molar-refractivity contribution is -0.120. The Morgan fingerprint density at radius 2 is 2.00 bits per heavy atom. The van der Waals surface area contributed by atoms with Gasteiger partial charge in [0.05, 0.1) is 5.69 Å². The van der Waals surface area contributed by atoms with Gasteiger partial charge in [-0.2, -0.15) is 0 Å². The molecule has 1 aromatic carbocycles. The predicted molar refractivity (Wildman–Crippen MR) is 72.1 cm³/mol. The number of rotatable bonds is 2. The Balaban J connectivity index is 1.67. The van der Waals surface area contributed by atoms with Gasteiger partial charge >= 0.3 is 0 Å². The van der Waals surface area contributed by atoms with Gasteiger partial charge in [-0.1, -0.05) is 0 Å². The van der Waals surface area contributed by atoms with Gasteiger partial charge in [0.25, 0.3) is 0 Å². The summed E-state index contributed by atoms with van der Waals surface area (Å²) in [6, 6.07) is 4.44. The summed E-state index contributed by atoms with van der Waals surface area (Å²) in [6.07, 6.45) is 3.39. The van der Waals surface area contributed by atoms with Crippen LogP contribution in [-0.2, 0) is 4.79 Å². The monoisotopic (exact) mass is 345 g/mol. The normalized spacial score (nSPS) is 29.9. The minimum atomic E-state index is -0.269. The van der Waals surface area contributed by atoms with Crippen LogP contribution < -0.4 is 5.32 Å². The SMILES string of the molecule is O=C(Nc1ccc(F)cc1I)C1CC2CC2C1. The molecule has 90 valence electrons. The summed E-state index contributed by atoms with van der Waals surface area (Å²) in [6.45, 7) is 0. The second kappa shape index (κ2) is 4.23. The number of fused-ring (bicyclic) bond motifs is 1. The predicted octanol–water partition coefficient (Wildman–Crippen LogP) is 3.41. The summed E-state index contributed by atoms with van der Waals surface area (Å²) < 4.78 is 13.7. The molecule has 1 amide bonds. The fraction of sp³-hybridized carbons (Fsp3) is 0.462. The molecular weight excluding hydrogens is 332 g/mol. The van der Waals surface area contributed by atoms with Crippen molar-refractivity contribution >= 4 is 34.2 Å². The molecule has 1 N–H and O–H groups in total. The molecule has 0 heterocycles. The molecule has 2 aliphatic rings. The van der Waals surface area contributed by atoms with Crippen LogP contribution in [0.2, 0.25) is 0 Å². The van der Waals surface area contributed by atoms with Crippen LogP contribution >= 0.6 is 22.6 Å². The lowest BCUT2D eigenvalue weighted by Crippen LogP contribution is -2.22. The van der Waals surface area contributed by atoms with E-state index in [0.29, 0.717) is 0 Å². The lowest BCUT2D eigenvalue weighted by atomic mass is 10.0. The van der Waals surface area contributed by atoms with Gasteiger partial charge in [0.15, 0.2) is 0 Å². The van der Waals surface area contributed by atoms with Crippen molar-refractivity contribution in [3.05, 3.63) is 27.6 Å². The van der Waals surface area contributed by atoms with E-state index < -0.39 is 0 Å². The molecule has 2 fully saturated rings. The number of carbonyl (C=O) groups excluding carboxylic acids is 1. The molecular formula is C13H13FINO. The first-order valence-corrected chi connectivity index (χ1v) is 6.97. The maximum atomic E-state index is 12.9. The Labute approximate surface area is 113 Å². The molecule has 2 unspecified atom stereocenters. The molecule has 1 aromatic rings. The maximum Gasteiger partial charge on any atom is 0.227 e. The van der Waals surface area contributed by atoms with Crippen molar-refractivity contribution in [3.63, 3.8) is 0 Å². The van der Waals surface area contributed by atoms with Crippen LogP contribution in [0, 0.1) is 27.1 Å². The maximum absolute atomic E-state index is 12.9. The Morgan fingerprint density at radius 3 is 2.65 bits per heavy atom. The molecule has 2 aliphatic carbocycles. The second-order valence-corrected chi connectivity index (χ2v) is 6.20. The highest BCUT2D eigenvalue weighted by molar-refractivity contribution is 14.1. The van der Waals surface area contributed by atoms with E-state index in [4.69, 9.17) is 0 Å². The molecule has 0 spiro atoms. The van der Waals surface area contributed by atoms with Crippen molar-refractivity contribution < 1.29 is 9.18 Å². The van der Waals surface area contributed by atoms with E-state index in [1.165, 1.54) is 18.6 Å². The average Bonchev–Trinajstić information content (AvgIpc) is 2.89. The molecule has 4 heteroatoms. The van der Waals surface area contributed by atoms with Gasteiger partial charge < -0.3 is 5.32 Å². The smallest absolute Gasteiger partial charge is 0.227 e. The Kier molecular flexibility index (Phi) is 2.84. The number of anilines is 1. The van der Waals surface area contributed by atoms with Gasteiger partial charge in [0.1, 0.15) is 5.82 Å². The largest absolute Gasteiger partial charge is 0.325 e. The summed E-state index contributed by atoms with van der Waals surface area (Å²) in [4.78, 5) is 12.0. The number of hydrogen-bond donors (Lipinski definition) is 1. The molecule has 17 heavy (non-hydrogen) atoms. The zero-order valence-corrected chi connectivity index (χ0v) is 11.4. The van der Waals surface area contributed by atoms with Crippen LogP contribution in [0.1, 0.15) is 19.3 Å². The number of carbonyl (C=O) groups is 1. The van der Waals surface area contributed by atoms with Gasteiger partial charge in [-0.3, -0.25) is 4.79 Å². The third-order valence-corrected chi connectivity index (χ3v) is 4.70. The van der Waals surface area contributed by atoms with Gasteiger partial charge in [0.2, 0.25) is 5.91 Å². The topological polar surface area (TPSA) is 29.1 Å².